The summed E-state index contributed by atoms with van der Waals surface area (Å²) in [6, 6.07) is 0. The van der Waals surface area contributed by atoms with Gasteiger partial charge in [-0.25, -0.2) is 0 Å². The van der Waals surface area contributed by atoms with Gasteiger partial charge < -0.3 is 5.11 Å². The van der Waals surface area contributed by atoms with Gasteiger partial charge in [-0.15, -0.1) is 0 Å². The zero-order valence-electron chi connectivity index (χ0n) is 6.81. The molecule has 0 aliphatic heterocycles. The highest BCUT2D eigenvalue weighted by Crippen LogP contribution is 2.28. The summed E-state index contributed by atoms with van der Waals surface area (Å²) >= 11 is 0. The Hall–Kier alpha value is -0.250. The lowest BCUT2D eigenvalue weighted by molar-refractivity contribution is -0.221. The summed E-state index contributed by atoms with van der Waals surface area (Å²) in [6.45, 7) is 4.70. The summed E-state index contributed by atoms with van der Waals surface area (Å²) in [5.41, 5.74) is 0. The molecule has 0 heterocycles. The fourth-order valence-electron chi connectivity index (χ4n) is 0.663. The number of halogens is 3. The topological polar surface area (TPSA) is 20.2 Å². The van der Waals surface area contributed by atoms with Gasteiger partial charge in [-0.05, 0) is 11.8 Å². The molecule has 0 aliphatic carbocycles. The highest BCUT2D eigenvalue weighted by molar-refractivity contribution is 4.73. The van der Waals surface area contributed by atoms with Crippen LogP contribution in [0.5, 0.6) is 0 Å². The number of hydrogen-bond acceptors (Lipinski definition) is 1. The monoisotopic (exact) mass is 170 g/mol. The number of hydrogen-bond donors (Lipinski definition) is 1. The minimum Gasteiger partial charge on any atom is -0.383 e. The van der Waals surface area contributed by atoms with Crippen molar-refractivity contribution in [3.05, 3.63) is 0 Å². The van der Waals surface area contributed by atoms with Crippen LogP contribution in [0.4, 0.5) is 13.2 Å². The predicted octanol–water partition coefficient (Wildman–Crippen LogP) is 2.20. The summed E-state index contributed by atoms with van der Waals surface area (Å²) < 4.78 is 35.4. The smallest absolute Gasteiger partial charge is 0.383 e. The molecule has 0 aliphatic rings. The molecular weight excluding hydrogens is 157 g/mol. The highest BCUT2D eigenvalue weighted by atomic mass is 19.4. The molecular formula is C7H13F3O. The molecule has 0 saturated carbocycles. The van der Waals surface area contributed by atoms with Crippen LogP contribution in [0.1, 0.15) is 20.8 Å². The fourth-order valence-corrected chi connectivity index (χ4v) is 0.663. The van der Waals surface area contributed by atoms with Crippen molar-refractivity contribution in [2.75, 3.05) is 0 Å². The molecule has 0 rings (SSSR count). The fraction of sp³-hybridized carbons (Fsp3) is 1.00. The minimum atomic E-state index is -4.48. The molecule has 68 valence electrons. The summed E-state index contributed by atoms with van der Waals surface area (Å²) in [6.07, 6.45) is -6.67. The molecule has 1 nitrogen and oxygen atoms in total. The van der Waals surface area contributed by atoms with Gasteiger partial charge in [0.05, 0.1) is 0 Å². The van der Waals surface area contributed by atoms with Crippen LogP contribution in [0.3, 0.4) is 0 Å². The lowest BCUT2D eigenvalue weighted by Gasteiger charge is -2.23. The van der Waals surface area contributed by atoms with Crippen molar-refractivity contribution in [2.24, 2.45) is 11.8 Å². The van der Waals surface area contributed by atoms with E-state index >= 15 is 0 Å². The van der Waals surface area contributed by atoms with Crippen molar-refractivity contribution in [2.45, 2.75) is 33.1 Å². The Morgan fingerprint density at radius 3 is 1.55 bits per heavy atom. The zero-order valence-corrected chi connectivity index (χ0v) is 6.81. The second-order valence-corrected chi connectivity index (χ2v) is 3.09. The Balaban J connectivity index is 4.13. The third-order valence-corrected chi connectivity index (χ3v) is 1.88. The van der Waals surface area contributed by atoms with Crippen molar-refractivity contribution in [3.8, 4) is 0 Å². The van der Waals surface area contributed by atoms with Crippen molar-refractivity contribution in [1.29, 1.82) is 0 Å². The van der Waals surface area contributed by atoms with E-state index in [0.717, 1.165) is 0 Å². The standard InChI is InChI=1S/C7H13F3O/c1-4(2)5(3)6(11)7(8,9)10/h4-6,11H,1-3H3/t5?,6-/m0/s1. The van der Waals surface area contributed by atoms with Gasteiger partial charge in [0, 0.05) is 0 Å². The summed E-state index contributed by atoms with van der Waals surface area (Å²) in [5.74, 6) is -0.901. The maximum absolute atomic E-state index is 11.8. The highest BCUT2D eigenvalue weighted by Gasteiger charge is 2.42. The molecule has 2 atom stereocenters. The molecule has 0 spiro atoms. The molecule has 0 fully saturated rings. The first-order valence-corrected chi connectivity index (χ1v) is 3.51. The summed E-state index contributed by atoms with van der Waals surface area (Å²) in [4.78, 5) is 0. The Morgan fingerprint density at radius 1 is 1.09 bits per heavy atom. The Labute approximate surface area is 64.2 Å². The maximum atomic E-state index is 11.8. The SMILES string of the molecule is CC(C)C(C)[C@H](O)C(F)(F)F. The van der Waals surface area contributed by atoms with Crippen molar-refractivity contribution in [1.82, 2.24) is 0 Å². The van der Waals surface area contributed by atoms with E-state index in [0.29, 0.717) is 0 Å². The second kappa shape index (κ2) is 3.43. The Morgan fingerprint density at radius 2 is 1.45 bits per heavy atom. The van der Waals surface area contributed by atoms with Gasteiger partial charge in [0.2, 0.25) is 0 Å². The molecule has 0 aromatic rings. The van der Waals surface area contributed by atoms with Crippen LogP contribution in [0.25, 0.3) is 0 Å². The largest absolute Gasteiger partial charge is 0.414 e. The van der Waals surface area contributed by atoms with Gasteiger partial charge in [0.25, 0.3) is 0 Å². The summed E-state index contributed by atoms with van der Waals surface area (Å²) in [7, 11) is 0. The van der Waals surface area contributed by atoms with Crippen LogP contribution < -0.4 is 0 Å². The van der Waals surface area contributed by atoms with Gasteiger partial charge in [-0.3, -0.25) is 0 Å². The molecule has 0 amide bonds. The first-order valence-electron chi connectivity index (χ1n) is 3.51. The number of alkyl halides is 3. The maximum Gasteiger partial charge on any atom is 0.414 e. The Kier molecular flexibility index (Phi) is 3.35. The minimum absolute atomic E-state index is 0.161. The number of aliphatic hydroxyl groups is 1. The van der Waals surface area contributed by atoms with Crippen molar-refractivity contribution in [3.63, 3.8) is 0 Å². The normalized spacial score (nSPS) is 18.5. The van der Waals surface area contributed by atoms with Crippen molar-refractivity contribution >= 4 is 0 Å². The molecule has 0 bridgehead atoms. The van der Waals surface area contributed by atoms with Crippen LogP contribution in [-0.4, -0.2) is 17.4 Å². The van der Waals surface area contributed by atoms with Crippen LogP contribution in [-0.2, 0) is 0 Å². The Bertz CT molecular complexity index is 119. The third-order valence-electron chi connectivity index (χ3n) is 1.88. The molecule has 0 aromatic carbocycles. The molecule has 1 N–H and O–H groups in total. The van der Waals surface area contributed by atoms with Gasteiger partial charge >= 0.3 is 6.18 Å². The first-order chi connectivity index (χ1) is 4.76. The number of rotatable bonds is 2. The van der Waals surface area contributed by atoms with Crippen LogP contribution in [0.2, 0.25) is 0 Å². The molecule has 0 saturated heterocycles. The lowest BCUT2D eigenvalue weighted by atomic mass is 9.92. The average molecular weight is 170 g/mol. The van der Waals surface area contributed by atoms with E-state index in [9.17, 15) is 13.2 Å². The summed E-state index contributed by atoms with van der Waals surface area (Å²) in [5, 5.41) is 8.70. The van der Waals surface area contributed by atoms with E-state index in [1.54, 1.807) is 13.8 Å². The van der Waals surface area contributed by atoms with E-state index in [2.05, 4.69) is 0 Å². The van der Waals surface area contributed by atoms with E-state index in [-0.39, 0.29) is 5.92 Å². The quantitative estimate of drug-likeness (QED) is 0.673. The molecule has 0 aromatic heterocycles. The number of aliphatic hydroxyl groups excluding tert-OH is 1. The zero-order chi connectivity index (χ0) is 9.23. The van der Waals surface area contributed by atoms with Gasteiger partial charge in [0.15, 0.2) is 6.10 Å². The molecule has 11 heavy (non-hydrogen) atoms. The first kappa shape index (κ1) is 10.8. The van der Waals surface area contributed by atoms with E-state index in [4.69, 9.17) is 5.11 Å². The second-order valence-electron chi connectivity index (χ2n) is 3.09. The van der Waals surface area contributed by atoms with Crippen molar-refractivity contribution < 1.29 is 18.3 Å². The van der Waals surface area contributed by atoms with Crippen LogP contribution in [0, 0.1) is 11.8 Å². The van der Waals surface area contributed by atoms with Crippen LogP contribution in [0.15, 0.2) is 0 Å². The van der Waals surface area contributed by atoms with Gasteiger partial charge in [0.1, 0.15) is 0 Å². The molecule has 1 unspecified atom stereocenters. The van der Waals surface area contributed by atoms with Gasteiger partial charge in [-0.1, -0.05) is 20.8 Å². The lowest BCUT2D eigenvalue weighted by Crippen LogP contribution is -2.36. The average Bonchev–Trinajstić information content (AvgIpc) is 1.82. The van der Waals surface area contributed by atoms with E-state index in [1.165, 1.54) is 6.92 Å². The third kappa shape index (κ3) is 3.10. The van der Waals surface area contributed by atoms with Gasteiger partial charge in [-0.2, -0.15) is 13.2 Å². The van der Waals surface area contributed by atoms with Crippen LogP contribution >= 0.6 is 0 Å². The van der Waals surface area contributed by atoms with E-state index < -0.39 is 18.2 Å². The van der Waals surface area contributed by atoms with E-state index in [1.807, 2.05) is 0 Å². The molecule has 0 radical (unpaired) electrons. The predicted molar refractivity (Wildman–Crippen MR) is 36.1 cm³/mol. The molecule has 4 heteroatoms.